The van der Waals surface area contributed by atoms with Crippen LogP contribution in [-0.4, -0.2) is 10.9 Å². The van der Waals surface area contributed by atoms with Crippen molar-refractivity contribution < 1.29 is 9.18 Å². The number of nitrogens with one attached hydrogen (secondary N) is 2. The van der Waals surface area contributed by atoms with Gasteiger partial charge in [0.05, 0.1) is 18.3 Å². The number of halogens is 1. The van der Waals surface area contributed by atoms with E-state index in [1.807, 2.05) is 38.1 Å². The normalized spacial score (nSPS) is 10.4. The minimum Gasteiger partial charge on any atom is -0.354 e. The van der Waals surface area contributed by atoms with E-state index in [0.717, 1.165) is 22.5 Å². The average Bonchev–Trinajstić information content (AvgIpc) is 2.60. The van der Waals surface area contributed by atoms with Gasteiger partial charge in [-0.05, 0) is 54.8 Å². The van der Waals surface area contributed by atoms with E-state index in [9.17, 15) is 9.18 Å². The first-order valence-electron chi connectivity index (χ1n) is 8.35. The topological polar surface area (TPSA) is 54.0 Å². The molecular formula is C21H20FN3O. The Hall–Kier alpha value is -3.21. The third-order valence-electron chi connectivity index (χ3n) is 4.04. The van der Waals surface area contributed by atoms with Gasteiger partial charge in [-0.3, -0.25) is 4.79 Å². The molecule has 4 nitrogen and oxygen atoms in total. The van der Waals surface area contributed by atoms with Gasteiger partial charge in [-0.25, -0.2) is 9.37 Å². The van der Waals surface area contributed by atoms with E-state index in [-0.39, 0.29) is 18.1 Å². The Morgan fingerprint density at radius 3 is 2.42 bits per heavy atom. The first kappa shape index (κ1) is 17.6. The first-order valence-corrected chi connectivity index (χ1v) is 8.35. The van der Waals surface area contributed by atoms with Crippen LogP contribution in [0.5, 0.6) is 0 Å². The third kappa shape index (κ3) is 4.45. The molecule has 3 aromatic rings. The number of rotatable bonds is 5. The molecule has 0 atom stereocenters. The lowest BCUT2D eigenvalue weighted by Gasteiger charge is -2.13. The number of anilines is 3. The van der Waals surface area contributed by atoms with Crippen LogP contribution in [-0.2, 0) is 11.2 Å². The second-order valence-electron chi connectivity index (χ2n) is 6.18. The summed E-state index contributed by atoms with van der Waals surface area (Å²) >= 11 is 0. The molecule has 2 aromatic carbocycles. The summed E-state index contributed by atoms with van der Waals surface area (Å²) in [4.78, 5) is 16.3. The number of hydrogen-bond donors (Lipinski definition) is 2. The third-order valence-corrected chi connectivity index (χ3v) is 4.04. The van der Waals surface area contributed by atoms with Crippen LogP contribution in [0.25, 0.3) is 0 Å². The number of aromatic nitrogens is 1. The van der Waals surface area contributed by atoms with Crippen LogP contribution in [0.3, 0.4) is 0 Å². The quantitative estimate of drug-likeness (QED) is 0.698. The van der Waals surface area contributed by atoms with Crippen molar-refractivity contribution >= 4 is 23.1 Å². The SMILES string of the molecule is Cc1cccc(C)c1Nc1ccc(NC(=O)Cc2cccc(F)c2)nc1. The van der Waals surface area contributed by atoms with Gasteiger partial charge in [0.25, 0.3) is 0 Å². The van der Waals surface area contributed by atoms with Gasteiger partial charge in [-0.2, -0.15) is 0 Å². The molecule has 0 bridgehead atoms. The zero-order valence-corrected chi connectivity index (χ0v) is 14.7. The van der Waals surface area contributed by atoms with E-state index in [1.165, 1.54) is 12.1 Å². The van der Waals surface area contributed by atoms with Crippen molar-refractivity contribution in [2.24, 2.45) is 0 Å². The predicted molar refractivity (Wildman–Crippen MR) is 102 cm³/mol. The van der Waals surface area contributed by atoms with Gasteiger partial charge < -0.3 is 10.6 Å². The summed E-state index contributed by atoms with van der Waals surface area (Å²) < 4.78 is 13.2. The molecule has 3 rings (SSSR count). The van der Waals surface area contributed by atoms with Crippen molar-refractivity contribution in [3.63, 3.8) is 0 Å². The Morgan fingerprint density at radius 2 is 1.77 bits per heavy atom. The van der Waals surface area contributed by atoms with Gasteiger partial charge in [-0.15, -0.1) is 0 Å². The maximum absolute atomic E-state index is 13.2. The molecule has 5 heteroatoms. The Balaban J connectivity index is 1.63. The van der Waals surface area contributed by atoms with E-state index in [0.29, 0.717) is 11.4 Å². The van der Waals surface area contributed by atoms with Crippen LogP contribution in [0, 0.1) is 19.7 Å². The Kier molecular flexibility index (Phi) is 5.27. The minimum atomic E-state index is -0.352. The Labute approximate surface area is 152 Å². The fourth-order valence-corrected chi connectivity index (χ4v) is 2.72. The van der Waals surface area contributed by atoms with E-state index in [2.05, 4.69) is 15.6 Å². The largest absolute Gasteiger partial charge is 0.354 e. The molecule has 1 aromatic heterocycles. The number of para-hydroxylation sites is 1. The summed E-state index contributed by atoms with van der Waals surface area (Å²) in [5.41, 5.74) is 4.81. The molecular weight excluding hydrogens is 329 g/mol. The molecule has 0 saturated heterocycles. The van der Waals surface area contributed by atoms with Crippen molar-refractivity contribution in [2.45, 2.75) is 20.3 Å². The molecule has 0 spiro atoms. The zero-order valence-electron chi connectivity index (χ0n) is 14.7. The Bertz CT molecular complexity index is 903. The standard InChI is InChI=1S/C21H20FN3O/c1-14-5-3-6-15(2)21(14)24-18-9-10-19(23-13-18)25-20(26)12-16-7-4-8-17(22)11-16/h3-11,13,24H,12H2,1-2H3,(H,23,25,26). The lowest BCUT2D eigenvalue weighted by Crippen LogP contribution is -2.15. The number of hydrogen-bond acceptors (Lipinski definition) is 3. The van der Waals surface area contributed by atoms with Gasteiger partial charge >= 0.3 is 0 Å². The number of benzene rings is 2. The van der Waals surface area contributed by atoms with Crippen LogP contribution in [0.4, 0.5) is 21.6 Å². The molecule has 0 saturated carbocycles. The molecule has 0 unspecified atom stereocenters. The van der Waals surface area contributed by atoms with Gasteiger partial charge in [-0.1, -0.05) is 30.3 Å². The number of carbonyl (C=O) groups excluding carboxylic acids is 1. The summed E-state index contributed by atoms with van der Waals surface area (Å²) in [6.07, 6.45) is 1.77. The van der Waals surface area contributed by atoms with Crippen molar-refractivity contribution in [3.05, 3.63) is 83.3 Å². The number of amides is 1. The maximum atomic E-state index is 13.2. The zero-order chi connectivity index (χ0) is 18.5. The molecule has 26 heavy (non-hydrogen) atoms. The van der Waals surface area contributed by atoms with Crippen LogP contribution in [0.1, 0.15) is 16.7 Å². The lowest BCUT2D eigenvalue weighted by molar-refractivity contribution is -0.115. The summed E-state index contributed by atoms with van der Waals surface area (Å²) in [5, 5.41) is 6.07. The van der Waals surface area contributed by atoms with Crippen molar-refractivity contribution in [1.29, 1.82) is 0 Å². The van der Waals surface area contributed by atoms with Crippen LogP contribution in [0.2, 0.25) is 0 Å². The average molecular weight is 349 g/mol. The molecule has 0 radical (unpaired) electrons. The number of nitrogens with zero attached hydrogens (tertiary/aromatic N) is 1. The smallest absolute Gasteiger partial charge is 0.229 e. The van der Waals surface area contributed by atoms with E-state index in [4.69, 9.17) is 0 Å². The fraction of sp³-hybridized carbons (Fsp3) is 0.143. The summed E-state index contributed by atoms with van der Waals surface area (Å²) in [7, 11) is 0. The predicted octanol–water partition coefficient (Wildman–Crippen LogP) is 4.76. The van der Waals surface area contributed by atoms with Crippen molar-refractivity contribution in [3.8, 4) is 0 Å². The number of aryl methyl sites for hydroxylation is 2. The molecule has 1 amide bonds. The molecule has 1 heterocycles. The summed E-state index contributed by atoms with van der Waals surface area (Å²) in [6.45, 7) is 4.09. The highest BCUT2D eigenvalue weighted by atomic mass is 19.1. The second-order valence-corrected chi connectivity index (χ2v) is 6.18. The molecule has 0 aliphatic carbocycles. The van der Waals surface area contributed by atoms with E-state index < -0.39 is 0 Å². The molecule has 2 N–H and O–H groups in total. The maximum Gasteiger partial charge on any atom is 0.229 e. The van der Waals surface area contributed by atoms with Gasteiger partial charge in [0.15, 0.2) is 0 Å². The summed E-state index contributed by atoms with van der Waals surface area (Å²) in [6, 6.07) is 15.7. The molecule has 0 aliphatic heterocycles. The lowest BCUT2D eigenvalue weighted by atomic mass is 10.1. The summed E-state index contributed by atoms with van der Waals surface area (Å²) in [5.74, 6) is -0.132. The molecule has 0 aliphatic rings. The fourth-order valence-electron chi connectivity index (χ4n) is 2.72. The minimum absolute atomic E-state index is 0.0991. The van der Waals surface area contributed by atoms with Gasteiger partial charge in [0, 0.05) is 5.69 Å². The first-order chi connectivity index (χ1) is 12.5. The van der Waals surface area contributed by atoms with Crippen LogP contribution in [0.15, 0.2) is 60.8 Å². The highest BCUT2D eigenvalue weighted by molar-refractivity contribution is 5.91. The number of carbonyl (C=O) groups is 1. The van der Waals surface area contributed by atoms with Crippen molar-refractivity contribution in [2.75, 3.05) is 10.6 Å². The van der Waals surface area contributed by atoms with Crippen LogP contribution < -0.4 is 10.6 Å². The van der Waals surface area contributed by atoms with E-state index >= 15 is 0 Å². The monoisotopic (exact) mass is 349 g/mol. The molecule has 132 valence electrons. The highest BCUT2D eigenvalue weighted by Crippen LogP contribution is 2.24. The van der Waals surface area contributed by atoms with Crippen molar-refractivity contribution in [1.82, 2.24) is 4.98 Å². The second kappa shape index (κ2) is 7.78. The van der Waals surface area contributed by atoms with Crippen LogP contribution >= 0.6 is 0 Å². The number of pyridine rings is 1. The van der Waals surface area contributed by atoms with E-state index in [1.54, 1.807) is 24.4 Å². The Morgan fingerprint density at radius 1 is 1.04 bits per heavy atom. The molecule has 0 fully saturated rings. The highest BCUT2D eigenvalue weighted by Gasteiger charge is 2.07. The van der Waals surface area contributed by atoms with Gasteiger partial charge in [0.1, 0.15) is 11.6 Å². The van der Waals surface area contributed by atoms with Gasteiger partial charge in [0.2, 0.25) is 5.91 Å².